The van der Waals surface area contributed by atoms with Crippen LogP contribution in [0.5, 0.6) is 11.5 Å². The van der Waals surface area contributed by atoms with E-state index in [0.29, 0.717) is 35.7 Å². The largest absolute Gasteiger partial charge is 0.489 e. The van der Waals surface area contributed by atoms with Gasteiger partial charge in [0.05, 0.1) is 19.3 Å². The zero-order valence-electron chi connectivity index (χ0n) is 10.4. The lowest BCUT2D eigenvalue weighted by molar-refractivity contribution is 0.145. The fourth-order valence-electron chi connectivity index (χ4n) is 2.84. The molecule has 18 heavy (non-hydrogen) atoms. The molecule has 1 N–H and O–H groups in total. The van der Waals surface area contributed by atoms with Crippen LogP contribution >= 0.6 is 11.6 Å². The molecular formula is C14H17ClO3. The monoisotopic (exact) mass is 268 g/mol. The number of hydrogen-bond donors (Lipinski definition) is 1. The number of benzene rings is 1. The van der Waals surface area contributed by atoms with Gasteiger partial charge in [-0.15, -0.1) is 0 Å². The van der Waals surface area contributed by atoms with Gasteiger partial charge < -0.3 is 14.6 Å². The van der Waals surface area contributed by atoms with E-state index in [1.807, 2.05) is 6.07 Å². The van der Waals surface area contributed by atoms with Crippen LogP contribution in [0.2, 0.25) is 5.02 Å². The minimum atomic E-state index is -0.495. The Morgan fingerprint density at radius 3 is 2.83 bits per heavy atom. The Morgan fingerprint density at radius 2 is 2.00 bits per heavy atom. The van der Waals surface area contributed by atoms with Gasteiger partial charge in [0.25, 0.3) is 0 Å². The molecule has 0 fully saturated rings. The number of fused-ring (bicyclic) bond motifs is 3. The van der Waals surface area contributed by atoms with Gasteiger partial charge in [-0.05, 0) is 24.3 Å². The highest BCUT2D eigenvalue weighted by Gasteiger charge is 2.32. The van der Waals surface area contributed by atoms with E-state index in [2.05, 4.69) is 6.92 Å². The number of hydrogen-bond acceptors (Lipinski definition) is 3. The third-order valence-corrected chi connectivity index (χ3v) is 4.08. The van der Waals surface area contributed by atoms with Crippen molar-refractivity contribution in [2.75, 3.05) is 13.2 Å². The van der Waals surface area contributed by atoms with Crippen LogP contribution in [-0.2, 0) is 0 Å². The van der Waals surface area contributed by atoms with Crippen molar-refractivity contribution < 1.29 is 14.6 Å². The normalized spacial score (nSPS) is 26.4. The Bertz CT molecular complexity index is 473. The van der Waals surface area contributed by atoms with Crippen molar-refractivity contribution in [2.24, 2.45) is 0 Å². The minimum Gasteiger partial charge on any atom is -0.489 e. The molecule has 2 aliphatic rings. The number of ether oxygens (including phenoxy) is 2. The summed E-state index contributed by atoms with van der Waals surface area (Å²) >= 11 is 6.35. The van der Waals surface area contributed by atoms with E-state index < -0.39 is 6.10 Å². The van der Waals surface area contributed by atoms with Gasteiger partial charge >= 0.3 is 0 Å². The lowest BCUT2D eigenvalue weighted by Crippen LogP contribution is -2.15. The average Bonchev–Trinajstić information content (AvgIpc) is 2.58. The van der Waals surface area contributed by atoms with E-state index in [4.69, 9.17) is 21.1 Å². The second-order valence-corrected chi connectivity index (χ2v) is 5.46. The van der Waals surface area contributed by atoms with Crippen molar-refractivity contribution in [3.63, 3.8) is 0 Å². The van der Waals surface area contributed by atoms with Crippen molar-refractivity contribution >= 4 is 11.6 Å². The summed E-state index contributed by atoms with van der Waals surface area (Å²) in [5.41, 5.74) is 1.87. The summed E-state index contributed by atoms with van der Waals surface area (Å²) in [5.74, 6) is 1.73. The molecule has 1 aliphatic carbocycles. The molecular weight excluding hydrogens is 252 g/mol. The summed E-state index contributed by atoms with van der Waals surface area (Å²) in [5, 5.41) is 10.9. The molecule has 4 heteroatoms. The van der Waals surface area contributed by atoms with Crippen LogP contribution in [0.1, 0.15) is 49.3 Å². The second-order valence-electron chi connectivity index (χ2n) is 5.06. The summed E-state index contributed by atoms with van der Waals surface area (Å²) in [7, 11) is 0. The van der Waals surface area contributed by atoms with Crippen molar-refractivity contribution in [3.8, 4) is 11.5 Å². The molecule has 0 saturated heterocycles. The molecule has 2 unspecified atom stereocenters. The van der Waals surface area contributed by atoms with Gasteiger partial charge in [0.1, 0.15) is 0 Å². The maximum atomic E-state index is 10.3. The molecule has 3 rings (SSSR count). The van der Waals surface area contributed by atoms with Gasteiger partial charge in [0, 0.05) is 23.1 Å². The zero-order valence-corrected chi connectivity index (χ0v) is 11.2. The molecule has 0 saturated carbocycles. The molecule has 1 aromatic carbocycles. The number of halogens is 1. The molecule has 1 heterocycles. The summed E-state index contributed by atoms with van der Waals surface area (Å²) in [6, 6.07) is 1.83. The zero-order chi connectivity index (χ0) is 12.7. The van der Waals surface area contributed by atoms with E-state index >= 15 is 0 Å². The predicted octanol–water partition coefficient (Wildman–Crippen LogP) is 3.43. The molecule has 1 aliphatic heterocycles. The summed E-state index contributed by atoms with van der Waals surface area (Å²) in [6.07, 6.45) is 2.07. The summed E-state index contributed by atoms with van der Waals surface area (Å²) < 4.78 is 11.4. The van der Waals surface area contributed by atoms with Crippen molar-refractivity contribution in [2.45, 2.75) is 38.2 Å². The van der Waals surface area contributed by atoms with Gasteiger partial charge in [-0.25, -0.2) is 0 Å². The molecule has 98 valence electrons. The topological polar surface area (TPSA) is 38.7 Å². The Kier molecular flexibility index (Phi) is 3.12. The number of aliphatic hydroxyl groups excluding tert-OH is 1. The van der Waals surface area contributed by atoms with Crippen LogP contribution in [-0.4, -0.2) is 18.3 Å². The van der Waals surface area contributed by atoms with Gasteiger partial charge in [0.15, 0.2) is 11.5 Å². The minimum absolute atomic E-state index is 0.355. The van der Waals surface area contributed by atoms with Crippen LogP contribution < -0.4 is 9.47 Å². The lowest BCUT2D eigenvalue weighted by Gasteiger charge is -2.30. The SMILES string of the molecule is CC1CCC(O)c2c3c(cc(Cl)c21)OCCCO3. The van der Waals surface area contributed by atoms with Gasteiger partial charge in [-0.2, -0.15) is 0 Å². The lowest BCUT2D eigenvalue weighted by atomic mass is 9.81. The summed E-state index contributed by atoms with van der Waals surface area (Å²) in [6.45, 7) is 3.40. The molecule has 2 atom stereocenters. The van der Waals surface area contributed by atoms with Gasteiger partial charge in [-0.3, -0.25) is 0 Å². The standard InChI is InChI=1S/C14H17ClO3/c1-8-3-4-10(16)13-12(8)9(15)7-11-14(13)18-6-2-5-17-11/h7-8,10,16H,2-6H2,1H3. The Balaban J connectivity index is 2.21. The quantitative estimate of drug-likeness (QED) is 0.783. The average molecular weight is 269 g/mol. The summed E-state index contributed by atoms with van der Waals surface area (Å²) in [4.78, 5) is 0. The van der Waals surface area contributed by atoms with E-state index in [9.17, 15) is 5.11 Å². The Morgan fingerprint density at radius 1 is 1.22 bits per heavy atom. The number of rotatable bonds is 0. The fraction of sp³-hybridized carbons (Fsp3) is 0.571. The Hall–Kier alpha value is -0.930. The molecule has 0 spiro atoms. The van der Waals surface area contributed by atoms with Crippen LogP contribution in [0.25, 0.3) is 0 Å². The third kappa shape index (κ3) is 1.86. The molecule has 0 radical (unpaired) electrons. The first-order chi connectivity index (χ1) is 8.68. The van der Waals surface area contributed by atoms with Crippen molar-refractivity contribution in [1.29, 1.82) is 0 Å². The highest BCUT2D eigenvalue weighted by atomic mass is 35.5. The van der Waals surface area contributed by atoms with Crippen molar-refractivity contribution in [3.05, 3.63) is 22.2 Å². The van der Waals surface area contributed by atoms with Crippen LogP contribution in [0.3, 0.4) is 0 Å². The highest BCUT2D eigenvalue weighted by Crippen LogP contribution is 2.50. The second kappa shape index (κ2) is 4.63. The van der Waals surface area contributed by atoms with E-state index in [1.165, 1.54) is 0 Å². The Labute approximate surface area is 112 Å². The van der Waals surface area contributed by atoms with Gasteiger partial charge in [0.2, 0.25) is 0 Å². The predicted molar refractivity (Wildman–Crippen MR) is 69.7 cm³/mol. The smallest absolute Gasteiger partial charge is 0.167 e. The van der Waals surface area contributed by atoms with E-state index in [-0.39, 0.29) is 0 Å². The fourth-order valence-corrected chi connectivity index (χ4v) is 3.23. The molecule has 0 amide bonds. The van der Waals surface area contributed by atoms with E-state index in [0.717, 1.165) is 30.4 Å². The maximum absolute atomic E-state index is 10.3. The third-order valence-electron chi connectivity index (χ3n) is 3.77. The van der Waals surface area contributed by atoms with Crippen LogP contribution in [0.15, 0.2) is 6.07 Å². The maximum Gasteiger partial charge on any atom is 0.167 e. The van der Waals surface area contributed by atoms with E-state index in [1.54, 1.807) is 0 Å². The molecule has 1 aromatic rings. The first kappa shape index (κ1) is 12.1. The van der Waals surface area contributed by atoms with Crippen LogP contribution in [0.4, 0.5) is 0 Å². The number of aliphatic hydroxyl groups is 1. The van der Waals surface area contributed by atoms with Crippen molar-refractivity contribution in [1.82, 2.24) is 0 Å². The van der Waals surface area contributed by atoms with Gasteiger partial charge in [-0.1, -0.05) is 18.5 Å². The molecule has 0 aromatic heterocycles. The molecule has 0 bridgehead atoms. The van der Waals surface area contributed by atoms with Crippen LogP contribution in [0, 0.1) is 0 Å². The highest BCUT2D eigenvalue weighted by molar-refractivity contribution is 6.31. The first-order valence-electron chi connectivity index (χ1n) is 6.48. The first-order valence-corrected chi connectivity index (χ1v) is 6.86. The molecule has 3 nitrogen and oxygen atoms in total.